The van der Waals surface area contributed by atoms with Crippen molar-refractivity contribution in [1.29, 1.82) is 0 Å². The topological polar surface area (TPSA) is 60.4 Å². The zero-order chi connectivity index (χ0) is 10.1. The predicted octanol–water partition coefficient (Wildman–Crippen LogP) is 0.987. The van der Waals surface area contributed by atoms with E-state index in [2.05, 4.69) is 4.98 Å². The summed E-state index contributed by atoms with van der Waals surface area (Å²) >= 11 is 1.48. The minimum atomic E-state index is -0.0165. The van der Waals surface area contributed by atoms with E-state index in [0.717, 1.165) is 16.3 Å². The maximum absolute atomic E-state index is 11.6. The first-order valence-electron chi connectivity index (χ1n) is 4.39. The van der Waals surface area contributed by atoms with Gasteiger partial charge in [0.25, 0.3) is 5.56 Å². The number of hydrogen-bond acceptors (Lipinski definition) is 4. The first-order valence-corrected chi connectivity index (χ1v) is 5.27. The van der Waals surface area contributed by atoms with Gasteiger partial charge in [-0.25, -0.2) is 4.98 Å². The van der Waals surface area contributed by atoms with Crippen molar-refractivity contribution in [2.75, 3.05) is 6.54 Å². The number of fused-ring (bicyclic) bond motifs is 1. The Kier molecular flexibility index (Phi) is 3.84. The lowest BCUT2D eigenvalue weighted by Gasteiger charge is -1.98. The van der Waals surface area contributed by atoms with E-state index in [4.69, 9.17) is 5.73 Å². The highest BCUT2D eigenvalue weighted by Crippen LogP contribution is 2.12. The molecule has 0 fully saturated rings. The van der Waals surface area contributed by atoms with Crippen molar-refractivity contribution in [3.8, 4) is 0 Å². The second-order valence-corrected chi connectivity index (χ2v) is 3.96. The van der Waals surface area contributed by atoms with Crippen LogP contribution in [0.5, 0.6) is 0 Å². The van der Waals surface area contributed by atoms with Crippen molar-refractivity contribution in [3.63, 3.8) is 0 Å². The minimum absolute atomic E-state index is 0. The van der Waals surface area contributed by atoms with E-state index in [9.17, 15) is 4.79 Å². The third-order valence-electron chi connectivity index (χ3n) is 2.00. The van der Waals surface area contributed by atoms with Crippen LogP contribution in [-0.2, 0) is 6.42 Å². The van der Waals surface area contributed by atoms with E-state index in [1.165, 1.54) is 11.3 Å². The van der Waals surface area contributed by atoms with Gasteiger partial charge in [-0.1, -0.05) is 0 Å². The fourth-order valence-corrected chi connectivity index (χ4v) is 2.38. The van der Waals surface area contributed by atoms with Gasteiger partial charge >= 0.3 is 0 Å². The SMILES string of the molecule is Cc1cc(=O)n2c(CCN)csc2n1.Cl. The van der Waals surface area contributed by atoms with Crippen LogP contribution in [0.15, 0.2) is 16.2 Å². The third kappa shape index (κ3) is 2.19. The molecule has 2 heterocycles. The van der Waals surface area contributed by atoms with Gasteiger partial charge in [0.2, 0.25) is 0 Å². The van der Waals surface area contributed by atoms with E-state index in [0.29, 0.717) is 13.0 Å². The van der Waals surface area contributed by atoms with Crippen molar-refractivity contribution < 1.29 is 0 Å². The third-order valence-corrected chi connectivity index (χ3v) is 2.88. The van der Waals surface area contributed by atoms with Gasteiger partial charge in [0.1, 0.15) is 0 Å². The molecular formula is C9H12ClN3OS. The quantitative estimate of drug-likeness (QED) is 0.858. The van der Waals surface area contributed by atoms with E-state index >= 15 is 0 Å². The number of nitrogens with two attached hydrogens (primary N) is 1. The lowest BCUT2D eigenvalue weighted by atomic mass is 10.3. The number of rotatable bonds is 2. The van der Waals surface area contributed by atoms with Crippen molar-refractivity contribution in [3.05, 3.63) is 33.2 Å². The van der Waals surface area contributed by atoms with E-state index < -0.39 is 0 Å². The molecule has 2 N–H and O–H groups in total. The summed E-state index contributed by atoms with van der Waals surface area (Å²) in [4.78, 5) is 16.7. The zero-order valence-corrected chi connectivity index (χ0v) is 9.90. The molecule has 0 spiro atoms. The monoisotopic (exact) mass is 245 g/mol. The minimum Gasteiger partial charge on any atom is -0.330 e. The second kappa shape index (κ2) is 4.74. The lowest BCUT2D eigenvalue weighted by molar-refractivity contribution is 0.879. The fourth-order valence-electron chi connectivity index (χ4n) is 1.41. The summed E-state index contributed by atoms with van der Waals surface area (Å²) in [7, 11) is 0. The highest BCUT2D eigenvalue weighted by Gasteiger charge is 2.06. The maximum Gasteiger partial charge on any atom is 0.258 e. The van der Waals surface area contributed by atoms with Gasteiger partial charge in [-0.2, -0.15) is 0 Å². The van der Waals surface area contributed by atoms with Crippen LogP contribution in [-0.4, -0.2) is 15.9 Å². The summed E-state index contributed by atoms with van der Waals surface area (Å²) in [6.45, 7) is 2.37. The van der Waals surface area contributed by atoms with Crippen molar-refractivity contribution >= 4 is 28.7 Å². The number of aryl methyl sites for hydroxylation is 1. The number of hydrogen-bond donors (Lipinski definition) is 1. The first kappa shape index (κ1) is 12.2. The first-order chi connectivity index (χ1) is 6.72. The molecule has 4 nitrogen and oxygen atoms in total. The van der Waals surface area contributed by atoms with Crippen LogP contribution in [0.3, 0.4) is 0 Å². The highest BCUT2D eigenvalue weighted by molar-refractivity contribution is 7.15. The summed E-state index contributed by atoms with van der Waals surface area (Å²) in [5.74, 6) is 0. The Labute approximate surface area is 97.2 Å². The molecule has 6 heteroatoms. The molecule has 0 atom stereocenters. The number of nitrogens with zero attached hydrogens (tertiary/aromatic N) is 2. The van der Waals surface area contributed by atoms with Gasteiger partial charge in [-0.15, -0.1) is 23.7 Å². The zero-order valence-electron chi connectivity index (χ0n) is 8.27. The molecule has 0 aliphatic carbocycles. The highest BCUT2D eigenvalue weighted by atomic mass is 35.5. The van der Waals surface area contributed by atoms with Gasteiger partial charge in [-0.05, 0) is 13.5 Å². The Hall–Kier alpha value is -0.910. The Morgan fingerprint density at radius 3 is 3.00 bits per heavy atom. The molecule has 0 saturated carbocycles. The summed E-state index contributed by atoms with van der Waals surface area (Å²) in [5.41, 5.74) is 7.15. The molecule has 0 radical (unpaired) electrons. The largest absolute Gasteiger partial charge is 0.330 e. The molecule has 0 aliphatic rings. The summed E-state index contributed by atoms with van der Waals surface area (Å²) < 4.78 is 1.63. The molecule has 2 rings (SSSR count). The average molecular weight is 246 g/mol. The molecule has 2 aromatic heterocycles. The van der Waals surface area contributed by atoms with Crippen molar-refractivity contribution in [2.24, 2.45) is 5.73 Å². The van der Waals surface area contributed by atoms with Crippen LogP contribution in [0.25, 0.3) is 4.96 Å². The molecule has 2 aromatic rings. The fraction of sp³-hybridized carbons (Fsp3) is 0.333. The maximum atomic E-state index is 11.6. The smallest absolute Gasteiger partial charge is 0.258 e. The van der Waals surface area contributed by atoms with Gasteiger partial charge in [0.15, 0.2) is 4.96 Å². The number of thiazole rings is 1. The molecule has 0 amide bonds. The summed E-state index contributed by atoms with van der Waals surface area (Å²) in [6.07, 6.45) is 0.713. The Morgan fingerprint density at radius 2 is 2.33 bits per heavy atom. The van der Waals surface area contributed by atoms with Gasteiger partial charge in [0, 0.05) is 29.3 Å². The molecule has 0 saturated heterocycles. The summed E-state index contributed by atoms with van der Waals surface area (Å²) in [5, 5.41) is 1.94. The van der Waals surface area contributed by atoms with Gasteiger partial charge in [0.05, 0.1) is 0 Å². The van der Waals surface area contributed by atoms with Crippen molar-refractivity contribution in [1.82, 2.24) is 9.38 Å². The summed E-state index contributed by atoms with van der Waals surface area (Å²) in [6, 6.07) is 1.54. The van der Waals surface area contributed by atoms with E-state index in [1.807, 2.05) is 12.3 Å². The van der Waals surface area contributed by atoms with Crippen LogP contribution in [0.1, 0.15) is 11.4 Å². The second-order valence-electron chi connectivity index (χ2n) is 3.12. The molecule has 0 unspecified atom stereocenters. The van der Waals surface area contributed by atoms with Crippen LogP contribution in [0.2, 0.25) is 0 Å². The number of aromatic nitrogens is 2. The van der Waals surface area contributed by atoms with E-state index in [-0.39, 0.29) is 18.0 Å². The Balaban J connectivity index is 0.00000112. The van der Waals surface area contributed by atoms with Crippen LogP contribution < -0.4 is 11.3 Å². The Morgan fingerprint density at radius 1 is 1.60 bits per heavy atom. The normalized spacial score (nSPS) is 10.3. The molecule has 0 bridgehead atoms. The average Bonchev–Trinajstić information content (AvgIpc) is 2.49. The van der Waals surface area contributed by atoms with Gasteiger partial charge in [-0.3, -0.25) is 9.20 Å². The molecule has 15 heavy (non-hydrogen) atoms. The Bertz CT molecular complexity index is 520. The molecule has 82 valence electrons. The van der Waals surface area contributed by atoms with Crippen LogP contribution >= 0.6 is 23.7 Å². The van der Waals surface area contributed by atoms with Crippen molar-refractivity contribution in [2.45, 2.75) is 13.3 Å². The van der Waals surface area contributed by atoms with Crippen LogP contribution in [0.4, 0.5) is 0 Å². The van der Waals surface area contributed by atoms with E-state index in [1.54, 1.807) is 10.5 Å². The molecule has 0 aliphatic heterocycles. The molecule has 0 aromatic carbocycles. The van der Waals surface area contributed by atoms with Crippen LogP contribution in [0, 0.1) is 6.92 Å². The predicted molar refractivity (Wildman–Crippen MR) is 64.1 cm³/mol. The molecular weight excluding hydrogens is 234 g/mol. The van der Waals surface area contributed by atoms with Gasteiger partial charge < -0.3 is 5.73 Å². The standard InChI is InChI=1S/C9H11N3OS.ClH/c1-6-4-8(13)12-7(2-3-10)5-14-9(12)11-6;/h4-5H,2-3,10H2,1H3;1H. The lowest BCUT2D eigenvalue weighted by Crippen LogP contribution is -2.17. The number of halogens is 1.